The van der Waals surface area contributed by atoms with Gasteiger partial charge in [-0.05, 0) is 37.3 Å². The minimum atomic E-state index is -3.67. The highest BCUT2D eigenvalue weighted by atomic mass is 35.5. The number of hydrogen-bond acceptors (Lipinski definition) is 5. The number of fused-ring (bicyclic) bond motifs is 1. The third-order valence-electron chi connectivity index (χ3n) is 5.65. The Morgan fingerprint density at radius 1 is 1.03 bits per heavy atom. The van der Waals surface area contributed by atoms with Crippen molar-refractivity contribution in [2.45, 2.75) is 17.9 Å². The Bertz CT molecular complexity index is 1100. The van der Waals surface area contributed by atoms with Crippen LogP contribution in [0.2, 0.25) is 10.0 Å². The average Bonchev–Trinajstić information content (AvgIpc) is 2.77. The Morgan fingerprint density at radius 2 is 1.66 bits per heavy atom. The van der Waals surface area contributed by atoms with E-state index in [2.05, 4.69) is 5.32 Å². The minimum absolute atomic E-state index is 0.175. The molecule has 0 aromatic heterocycles. The van der Waals surface area contributed by atoms with Crippen LogP contribution in [-0.2, 0) is 14.8 Å². The van der Waals surface area contributed by atoms with Crippen molar-refractivity contribution < 1.29 is 27.6 Å². The van der Waals surface area contributed by atoms with Crippen molar-refractivity contribution in [3.05, 3.63) is 46.4 Å². The second-order valence-corrected chi connectivity index (χ2v) is 10.5. The first-order valence-electron chi connectivity index (χ1n) is 10.3. The van der Waals surface area contributed by atoms with E-state index >= 15 is 0 Å². The minimum Gasteiger partial charge on any atom is -0.486 e. The Kier molecular flexibility index (Phi) is 6.83. The highest BCUT2D eigenvalue weighted by Gasteiger charge is 2.35. The molecule has 0 spiro atoms. The third kappa shape index (κ3) is 4.97. The van der Waals surface area contributed by atoms with Crippen LogP contribution < -0.4 is 19.7 Å². The molecular weight excluding hydrogens is 477 g/mol. The molecule has 2 aromatic carbocycles. The maximum atomic E-state index is 13.1. The zero-order valence-electron chi connectivity index (χ0n) is 17.4. The van der Waals surface area contributed by atoms with Gasteiger partial charge in [0, 0.05) is 21.8 Å². The van der Waals surface area contributed by atoms with E-state index in [1.807, 2.05) is 6.92 Å². The number of hydrogen-bond donors (Lipinski definition) is 2. The van der Waals surface area contributed by atoms with Gasteiger partial charge < -0.3 is 19.7 Å². The number of benzene rings is 2. The number of amides is 1. The number of carbonyl (C=O) groups excluding carboxylic acids is 1. The van der Waals surface area contributed by atoms with Crippen LogP contribution in [0.3, 0.4) is 0 Å². The van der Waals surface area contributed by atoms with Crippen molar-refractivity contribution >= 4 is 44.8 Å². The molecule has 2 aliphatic heterocycles. The largest absolute Gasteiger partial charge is 0.486 e. The van der Waals surface area contributed by atoms with Gasteiger partial charge in [0.05, 0.1) is 31.1 Å². The van der Waals surface area contributed by atoms with Crippen molar-refractivity contribution in [2.75, 3.05) is 44.7 Å². The Labute approximate surface area is 197 Å². The molecule has 32 heavy (non-hydrogen) atoms. The molecule has 0 unspecified atom stereocenters. The Hall–Kier alpha value is -2.04. The van der Waals surface area contributed by atoms with Gasteiger partial charge in [0.1, 0.15) is 13.2 Å². The molecule has 1 amide bonds. The SMILES string of the molecule is C[C@H](C(=O)Nc1cc(Cl)cc(Cl)c1)[NH+]1CCN(S(=O)(=O)c2ccc3c(c2)OCCO3)CC1. The predicted molar refractivity (Wildman–Crippen MR) is 121 cm³/mol. The molecule has 172 valence electrons. The number of piperazine rings is 1. The number of rotatable bonds is 5. The van der Waals surface area contributed by atoms with Gasteiger partial charge in [-0.3, -0.25) is 4.79 Å². The quantitative estimate of drug-likeness (QED) is 0.651. The maximum Gasteiger partial charge on any atom is 0.282 e. The van der Waals surface area contributed by atoms with Crippen molar-refractivity contribution in [3.8, 4) is 11.5 Å². The molecule has 2 aromatic rings. The highest BCUT2D eigenvalue weighted by Crippen LogP contribution is 2.33. The molecule has 2 heterocycles. The lowest BCUT2D eigenvalue weighted by molar-refractivity contribution is -0.917. The number of anilines is 1. The summed E-state index contributed by atoms with van der Waals surface area (Å²) in [6.07, 6.45) is 0. The molecule has 2 N–H and O–H groups in total. The van der Waals surface area contributed by atoms with E-state index in [1.54, 1.807) is 24.3 Å². The van der Waals surface area contributed by atoms with Crippen LogP contribution in [-0.4, -0.2) is 64.1 Å². The smallest absolute Gasteiger partial charge is 0.282 e. The molecule has 0 radical (unpaired) electrons. The lowest BCUT2D eigenvalue weighted by Crippen LogP contribution is -3.19. The Morgan fingerprint density at radius 3 is 2.31 bits per heavy atom. The summed E-state index contributed by atoms with van der Waals surface area (Å²) in [7, 11) is -3.67. The molecule has 0 saturated carbocycles. The van der Waals surface area contributed by atoms with Gasteiger partial charge in [0.25, 0.3) is 5.91 Å². The molecule has 0 bridgehead atoms. The van der Waals surface area contributed by atoms with E-state index in [-0.39, 0.29) is 16.8 Å². The number of quaternary nitrogens is 1. The number of carbonyl (C=O) groups is 1. The fraction of sp³-hybridized carbons (Fsp3) is 0.381. The second kappa shape index (κ2) is 9.44. The van der Waals surface area contributed by atoms with Gasteiger partial charge in [-0.1, -0.05) is 23.2 Å². The summed E-state index contributed by atoms with van der Waals surface area (Å²) >= 11 is 12.0. The average molecular weight is 501 g/mol. The molecule has 1 saturated heterocycles. The summed E-state index contributed by atoms with van der Waals surface area (Å²) in [4.78, 5) is 13.9. The summed E-state index contributed by atoms with van der Waals surface area (Å²) in [6.45, 7) is 4.30. The van der Waals surface area contributed by atoms with Gasteiger partial charge in [-0.25, -0.2) is 8.42 Å². The summed E-state index contributed by atoms with van der Waals surface area (Å²) in [6, 6.07) is 9.15. The molecule has 2 aliphatic rings. The number of halogens is 2. The van der Waals surface area contributed by atoms with E-state index in [9.17, 15) is 13.2 Å². The van der Waals surface area contributed by atoms with E-state index in [0.717, 1.165) is 4.90 Å². The maximum absolute atomic E-state index is 13.1. The molecule has 8 nitrogen and oxygen atoms in total. The van der Waals surface area contributed by atoms with Crippen LogP contribution in [0.1, 0.15) is 6.92 Å². The number of nitrogens with one attached hydrogen (secondary N) is 2. The fourth-order valence-electron chi connectivity index (χ4n) is 3.84. The van der Waals surface area contributed by atoms with E-state index < -0.39 is 10.0 Å². The Balaban J connectivity index is 1.38. The highest BCUT2D eigenvalue weighted by molar-refractivity contribution is 7.89. The molecule has 1 atom stereocenters. The molecule has 1 fully saturated rings. The normalized spacial score (nSPS) is 18.2. The molecule has 4 rings (SSSR count). The van der Waals surface area contributed by atoms with E-state index in [4.69, 9.17) is 32.7 Å². The monoisotopic (exact) mass is 500 g/mol. The summed E-state index contributed by atoms with van der Waals surface area (Å²) < 4.78 is 38.6. The first-order valence-corrected chi connectivity index (χ1v) is 12.4. The first kappa shape index (κ1) is 23.1. The van der Waals surface area contributed by atoms with Gasteiger partial charge in [0.2, 0.25) is 10.0 Å². The summed E-state index contributed by atoms with van der Waals surface area (Å²) in [5, 5.41) is 3.70. The zero-order chi connectivity index (χ0) is 22.9. The van der Waals surface area contributed by atoms with Gasteiger partial charge in [-0.2, -0.15) is 4.31 Å². The van der Waals surface area contributed by atoms with Crippen LogP contribution in [0.15, 0.2) is 41.3 Å². The summed E-state index contributed by atoms with van der Waals surface area (Å²) in [5.74, 6) is 0.805. The van der Waals surface area contributed by atoms with Gasteiger partial charge >= 0.3 is 0 Å². The topological polar surface area (TPSA) is 89.4 Å². The van der Waals surface area contributed by atoms with Crippen molar-refractivity contribution in [1.82, 2.24) is 4.31 Å². The molecule has 11 heteroatoms. The standard InChI is InChI=1S/C21H23Cl2N3O5S/c1-14(21(27)24-17-11-15(22)10-16(23)12-17)25-4-6-26(7-5-25)32(28,29)18-2-3-19-20(13-18)31-9-8-30-19/h2-3,10-14H,4-9H2,1H3,(H,24,27)/p+1/t14-/m1/s1. The van der Waals surface area contributed by atoms with Crippen LogP contribution in [0.4, 0.5) is 5.69 Å². The van der Waals surface area contributed by atoms with Crippen LogP contribution in [0, 0.1) is 0 Å². The molecule has 0 aliphatic carbocycles. The zero-order valence-corrected chi connectivity index (χ0v) is 19.8. The third-order valence-corrected chi connectivity index (χ3v) is 7.98. The lowest BCUT2D eigenvalue weighted by atomic mass is 10.2. The van der Waals surface area contributed by atoms with E-state index in [1.165, 1.54) is 16.4 Å². The number of ether oxygens (including phenoxy) is 2. The fourth-order valence-corrected chi connectivity index (χ4v) is 5.83. The van der Waals surface area contributed by atoms with E-state index in [0.29, 0.717) is 66.6 Å². The van der Waals surface area contributed by atoms with Crippen LogP contribution in [0.25, 0.3) is 0 Å². The summed E-state index contributed by atoms with van der Waals surface area (Å²) in [5.41, 5.74) is 0.526. The second-order valence-electron chi connectivity index (χ2n) is 7.74. The number of nitrogens with zero attached hydrogens (tertiary/aromatic N) is 1. The number of sulfonamides is 1. The van der Waals surface area contributed by atoms with Crippen LogP contribution >= 0.6 is 23.2 Å². The van der Waals surface area contributed by atoms with Crippen molar-refractivity contribution in [2.24, 2.45) is 0 Å². The first-order chi connectivity index (χ1) is 15.2. The lowest BCUT2D eigenvalue weighted by Gasteiger charge is -2.34. The predicted octanol–water partition coefficient (Wildman–Crippen LogP) is 1.68. The van der Waals surface area contributed by atoms with Gasteiger partial charge in [-0.15, -0.1) is 0 Å². The molecular formula is C21H24Cl2N3O5S+. The van der Waals surface area contributed by atoms with Crippen molar-refractivity contribution in [1.29, 1.82) is 0 Å². The van der Waals surface area contributed by atoms with Gasteiger partial charge in [0.15, 0.2) is 17.5 Å². The van der Waals surface area contributed by atoms with Crippen molar-refractivity contribution in [3.63, 3.8) is 0 Å². The van der Waals surface area contributed by atoms with Crippen LogP contribution in [0.5, 0.6) is 11.5 Å².